The first-order valence-electron chi connectivity index (χ1n) is 8.21. The molecule has 1 atom stereocenters. The third kappa shape index (κ3) is 4.27. The fourth-order valence-corrected chi connectivity index (χ4v) is 4.60. The van der Waals surface area contributed by atoms with E-state index < -0.39 is 0 Å². The van der Waals surface area contributed by atoms with Crippen LogP contribution in [-0.4, -0.2) is 33.1 Å². The standard InChI is InChI=1S/C18H20N2O3S2/c1-3-23-15(21)11-24-18-19-14-9-12(2)25-16(14)17(22)20(18)10-13-7-5-4-6-8-13/h4-8,12H,3,9-11H2,1-2H3. The van der Waals surface area contributed by atoms with Crippen molar-refractivity contribution >= 4 is 29.5 Å². The molecule has 2 heterocycles. The number of fused-ring (bicyclic) bond motifs is 1. The first kappa shape index (κ1) is 18.1. The summed E-state index contributed by atoms with van der Waals surface area (Å²) >= 11 is 2.85. The minimum atomic E-state index is -0.295. The van der Waals surface area contributed by atoms with Gasteiger partial charge < -0.3 is 4.74 Å². The molecule has 132 valence electrons. The number of aromatic nitrogens is 2. The second kappa shape index (κ2) is 8.10. The smallest absolute Gasteiger partial charge is 0.316 e. The number of rotatable bonds is 6. The van der Waals surface area contributed by atoms with Crippen LogP contribution >= 0.6 is 23.5 Å². The van der Waals surface area contributed by atoms with Gasteiger partial charge in [0.25, 0.3) is 5.56 Å². The summed E-state index contributed by atoms with van der Waals surface area (Å²) in [5.74, 6) is -0.146. The number of benzene rings is 1. The number of thioether (sulfide) groups is 2. The summed E-state index contributed by atoms with van der Waals surface area (Å²) in [6.45, 7) is 4.67. The number of esters is 1. The van der Waals surface area contributed by atoms with Crippen molar-refractivity contribution in [3.05, 3.63) is 51.9 Å². The van der Waals surface area contributed by atoms with Crippen LogP contribution in [0.25, 0.3) is 0 Å². The van der Waals surface area contributed by atoms with Gasteiger partial charge in [-0.15, -0.1) is 11.8 Å². The predicted molar refractivity (Wildman–Crippen MR) is 100 cm³/mol. The van der Waals surface area contributed by atoms with E-state index in [0.717, 1.165) is 22.6 Å². The maximum Gasteiger partial charge on any atom is 0.316 e. The van der Waals surface area contributed by atoms with Crippen molar-refractivity contribution < 1.29 is 9.53 Å². The van der Waals surface area contributed by atoms with Gasteiger partial charge in [0.2, 0.25) is 0 Å². The molecule has 1 aliphatic heterocycles. The Morgan fingerprint density at radius 2 is 2.16 bits per heavy atom. The zero-order chi connectivity index (χ0) is 17.8. The summed E-state index contributed by atoms with van der Waals surface area (Å²) < 4.78 is 6.65. The topological polar surface area (TPSA) is 61.2 Å². The van der Waals surface area contributed by atoms with Gasteiger partial charge >= 0.3 is 5.97 Å². The van der Waals surface area contributed by atoms with Crippen LogP contribution in [0.2, 0.25) is 0 Å². The lowest BCUT2D eigenvalue weighted by atomic mass is 10.2. The van der Waals surface area contributed by atoms with Crippen molar-refractivity contribution in [2.24, 2.45) is 0 Å². The van der Waals surface area contributed by atoms with Crippen LogP contribution in [0.3, 0.4) is 0 Å². The molecule has 2 aromatic rings. The van der Waals surface area contributed by atoms with Crippen molar-refractivity contribution in [2.45, 2.75) is 42.1 Å². The number of nitrogens with zero attached hydrogens (tertiary/aromatic N) is 2. The molecule has 25 heavy (non-hydrogen) atoms. The molecule has 0 saturated heterocycles. The van der Waals surface area contributed by atoms with Gasteiger partial charge in [0.15, 0.2) is 5.16 Å². The van der Waals surface area contributed by atoms with E-state index >= 15 is 0 Å². The molecule has 0 N–H and O–H groups in total. The van der Waals surface area contributed by atoms with E-state index in [9.17, 15) is 9.59 Å². The van der Waals surface area contributed by atoms with Crippen molar-refractivity contribution in [1.29, 1.82) is 0 Å². The van der Waals surface area contributed by atoms with Crippen molar-refractivity contribution in [2.75, 3.05) is 12.4 Å². The van der Waals surface area contributed by atoms with Crippen LogP contribution in [-0.2, 0) is 22.5 Å². The highest BCUT2D eigenvalue weighted by Gasteiger charge is 2.26. The number of carbonyl (C=O) groups is 1. The van der Waals surface area contributed by atoms with Gasteiger partial charge in [-0.2, -0.15) is 0 Å². The summed E-state index contributed by atoms with van der Waals surface area (Å²) in [4.78, 5) is 30.1. The molecule has 5 nitrogen and oxygen atoms in total. The van der Waals surface area contributed by atoms with Gasteiger partial charge in [-0.1, -0.05) is 49.0 Å². The quantitative estimate of drug-likeness (QED) is 0.439. The average Bonchev–Trinajstić information content (AvgIpc) is 2.98. The lowest BCUT2D eigenvalue weighted by Gasteiger charge is -2.13. The van der Waals surface area contributed by atoms with E-state index in [-0.39, 0.29) is 17.3 Å². The molecule has 0 saturated carbocycles. The summed E-state index contributed by atoms with van der Waals surface area (Å²) in [7, 11) is 0. The minimum absolute atomic E-state index is 0.0189. The Morgan fingerprint density at radius 1 is 1.40 bits per heavy atom. The van der Waals surface area contributed by atoms with Gasteiger partial charge in [-0.3, -0.25) is 14.2 Å². The lowest BCUT2D eigenvalue weighted by molar-refractivity contribution is -0.139. The van der Waals surface area contributed by atoms with Crippen molar-refractivity contribution in [1.82, 2.24) is 9.55 Å². The highest BCUT2D eigenvalue weighted by atomic mass is 32.2. The Labute approximate surface area is 155 Å². The second-order valence-corrected chi connectivity index (χ2v) is 8.16. The summed E-state index contributed by atoms with van der Waals surface area (Å²) in [5.41, 5.74) is 1.85. The van der Waals surface area contributed by atoms with E-state index in [2.05, 4.69) is 6.92 Å². The van der Waals surface area contributed by atoms with Crippen LogP contribution in [0.4, 0.5) is 0 Å². The molecule has 1 aromatic heterocycles. The molecule has 3 rings (SSSR count). The molecule has 0 amide bonds. The molecule has 1 aromatic carbocycles. The molecule has 7 heteroatoms. The summed E-state index contributed by atoms with van der Waals surface area (Å²) in [6.07, 6.45) is 0.786. The zero-order valence-corrected chi connectivity index (χ0v) is 15.9. The van der Waals surface area contributed by atoms with Crippen LogP contribution in [0, 0.1) is 0 Å². The molecule has 0 bridgehead atoms. The lowest BCUT2D eigenvalue weighted by Crippen LogP contribution is -2.26. The van der Waals surface area contributed by atoms with Gasteiger partial charge in [0.05, 0.1) is 29.5 Å². The predicted octanol–water partition coefficient (Wildman–Crippen LogP) is 2.98. The minimum Gasteiger partial charge on any atom is -0.465 e. The highest BCUT2D eigenvalue weighted by molar-refractivity contribution is 8.00. The second-order valence-electron chi connectivity index (χ2n) is 5.77. The number of carbonyl (C=O) groups excluding carboxylic acids is 1. The molecule has 1 unspecified atom stereocenters. The Balaban J connectivity index is 1.94. The van der Waals surface area contributed by atoms with E-state index in [4.69, 9.17) is 9.72 Å². The normalized spacial score (nSPS) is 15.8. The molecule has 0 aliphatic carbocycles. The molecule has 0 radical (unpaired) electrons. The maximum absolute atomic E-state index is 13.0. The third-order valence-electron chi connectivity index (χ3n) is 3.77. The van der Waals surface area contributed by atoms with E-state index in [1.807, 2.05) is 30.3 Å². The first-order valence-corrected chi connectivity index (χ1v) is 10.1. The van der Waals surface area contributed by atoms with Crippen molar-refractivity contribution in [3.63, 3.8) is 0 Å². The Kier molecular flexibility index (Phi) is 5.86. The van der Waals surface area contributed by atoms with E-state index in [0.29, 0.717) is 23.6 Å². The fraction of sp³-hybridized carbons (Fsp3) is 0.389. The number of hydrogen-bond donors (Lipinski definition) is 0. The van der Waals surface area contributed by atoms with Gasteiger partial charge in [-0.05, 0) is 12.5 Å². The highest BCUT2D eigenvalue weighted by Crippen LogP contribution is 2.34. The van der Waals surface area contributed by atoms with E-state index in [1.165, 1.54) is 11.8 Å². The zero-order valence-electron chi connectivity index (χ0n) is 14.2. The number of ether oxygens (including phenoxy) is 1. The van der Waals surface area contributed by atoms with Crippen LogP contribution in [0.15, 0.2) is 45.2 Å². The largest absolute Gasteiger partial charge is 0.465 e. The van der Waals surface area contributed by atoms with Gasteiger partial charge in [0.1, 0.15) is 0 Å². The third-order valence-corrected chi connectivity index (χ3v) is 5.94. The molecular weight excluding hydrogens is 356 g/mol. The molecule has 0 fully saturated rings. The number of hydrogen-bond acceptors (Lipinski definition) is 6. The Morgan fingerprint density at radius 3 is 2.88 bits per heavy atom. The van der Waals surface area contributed by atoms with E-state index in [1.54, 1.807) is 23.3 Å². The van der Waals surface area contributed by atoms with Crippen LogP contribution in [0.1, 0.15) is 25.1 Å². The monoisotopic (exact) mass is 376 g/mol. The summed E-state index contributed by atoms with van der Waals surface area (Å²) in [5, 5.41) is 0.932. The Bertz CT molecular complexity index is 821. The molecule has 1 aliphatic rings. The SMILES string of the molecule is CCOC(=O)CSc1nc2c(c(=O)n1Cc1ccccc1)SC(C)C2. The molecular formula is C18H20N2O3S2. The van der Waals surface area contributed by atoms with Crippen molar-refractivity contribution in [3.8, 4) is 0 Å². The van der Waals surface area contributed by atoms with Crippen LogP contribution < -0.4 is 5.56 Å². The fourth-order valence-electron chi connectivity index (χ4n) is 2.67. The summed E-state index contributed by atoms with van der Waals surface area (Å²) in [6, 6.07) is 9.80. The maximum atomic E-state index is 13.0. The van der Waals surface area contributed by atoms with Gasteiger partial charge in [0, 0.05) is 11.7 Å². The Hall–Kier alpha value is -1.73. The van der Waals surface area contributed by atoms with Crippen LogP contribution in [0.5, 0.6) is 0 Å². The van der Waals surface area contributed by atoms with Gasteiger partial charge in [-0.25, -0.2) is 4.98 Å². The molecule has 0 spiro atoms. The average molecular weight is 377 g/mol. The first-order chi connectivity index (χ1) is 12.1.